The van der Waals surface area contributed by atoms with E-state index in [2.05, 4.69) is 0 Å². The number of hydrogen-bond acceptors (Lipinski definition) is 3. The molecule has 4 heteroatoms. The van der Waals surface area contributed by atoms with Crippen molar-refractivity contribution in [3.05, 3.63) is 22.7 Å². The van der Waals surface area contributed by atoms with Crippen LogP contribution in [0.2, 0.25) is 5.02 Å². The normalized spacial score (nSPS) is 12.3. The molecule has 0 radical (unpaired) electrons. The van der Waals surface area contributed by atoms with Crippen LogP contribution in [0.5, 0.6) is 11.5 Å². The van der Waals surface area contributed by atoms with Crippen LogP contribution < -0.4 is 9.47 Å². The first kappa shape index (κ1) is 12.1. The van der Waals surface area contributed by atoms with Crippen LogP contribution in [0.1, 0.15) is 18.4 Å². The van der Waals surface area contributed by atoms with E-state index in [1.54, 1.807) is 26.4 Å². The molecule has 0 saturated heterocycles. The van der Waals surface area contributed by atoms with Gasteiger partial charge in [0, 0.05) is 24.2 Å². The van der Waals surface area contributed by atoms with Crippen molar-refractivity contribution in [1.82, 2.24) is 0 Å². The molecule has 1 aromatic carbocycles. The van der Waals surface area contributed by atoms with Crippen molar-refractivity contribution >= 4 is 11.6 Å². The summed E-state index contributed by atoms with van der Waals surface area (Å²) in [5, 5.41) is 9.62. The molecule has 1 aromatic rings. The number of hydrogen-bond donors (Lipinski definition) is 1. The summed E-state index contributed by atoms with van der Waals surface area (Å²) in [5.74, 6) is 1.24. The highest BCUT2D eigenvalue weighted by Gasteiger charge is 2.14. The highest BCUT2D eigenvalue weighted by molar-refractivity contribution is 6.32. The Morgan fingerprint density at radius 1 is 1.27 bits per heavy atom. The molecule has 0 amide bonds. The van der Waals surface area contributed by atoms with Crippen molar-refractivity contribution in [2.24, 2.45) is 0 Å². The van der Waals surface area contributed by atoms with Crippen LogP contribution in [-0.4, -0.2) is 25.9 Å². The molecule has 84 valence electrons. The van der Waals surface area contributed by atoms with Gasteiger partial charge in [0.1, 0.15) is 11.5 Å². The van der Waals surface area contributed by atoms with Gasteiger partial charge in [0.2, 0.25) is 0 Å². The standard InChI is InChI=1S/C11H15ClO3/c1-7(6-13)8-4-9(12)11(15-3)5-10(8)14-2/h4-5,7,13H,6H2,1-3H3. The second kappa shape index (κ2) is 5.24. The molecule has 0 aromatic heterocycles. The smallest absolute Gasteiger partial charge is 0.141 e. The van der Waals surface area contributed by atoms with Gasteiger partial charge in [-0.3, -0.25) is 0 Å². The van der Waals surface area contributed by atoms with E-state index >= 15 is 0 Å². The summed E-state index contributed by atoms with van der Waals surface area (Å²) in [6, 6.07) is 3.49. The molecule has 0 bridgehead atoms. The number of halogens is 1. The van der Waals surface area contributed by atoms with E-state index in [4.69, 9.17) is 26.2 Å². The lowest BCUT2D eigenvalue weighted by molar-refractivity contribution is 0.269. The van der Waals surface area contributed by atoms with Gasteiger partial charge in [0.05, 0.1) is 19.2 Å². The van der Waals surface area contributed by atoms with Crippen molar-refractivity contribution < 1.29 is 14.6 Å². The van der Waals surface area contributed by atoms with Gasteiger partial charge in [-0.1, -0.05) is 18.5 Å². The predicted molar refractivity (Wildman–Crippen MR) is 60.1 cm³/mol. The van der Waals surface area contributed by atoms with Gasteiger partial charge >= 0.3 is 0 Å². The molecule has 1 atom stereocenters. The molecule has 0 heterocycles. The molecule has 0 aliphatic heterocycles. The summed E-state index contributed by atoms with van der Waals surface area (Å²) >= 11 is 6.00. The van der Waals surface area contributed by atoms with Crippen LogP contribution >= 0.6 is 11.6 Å². The summed E-state index contributed by atoms with van der Waals surface area (Å²) < 4.78 is 10.3. The maximum absolute atomic E-state index is 9.10. The lowest BCUT2D eigenvalue weighted by atomic mass is 10.0. The van der Waals surface area contributed by atoms with Crippen LogP contribution in [0.25, 0.3) is 0 Å². The van der Waals surface area contributed by atoms with E-state index in [0.29, 0.717) is 16.5 Å². The lowest BCUT2D eigenvalue weighted by Crippen LogP contribution is -2.02. The Hall–Kier alpha value is -0.930. The number of methoxy groups -OCH3 is 2. The highest BCUT2D eigenvalue weighted by Crippen LogP contribution is 2.35. The van der Waals surface area contributed by atoms with Crippen LogP contribution in [0.15, 0.2) is 12.1 Å². The third-order valence-corrected chi connectivity index (χ3v) is 2.60. The molecule has 1 N–H and O–H groups in total. The summed E-state index contributed by atoms with van der Waals surface area (Å²) in [4.78, 5) is 0. The summed E-state index contributed by atoms with van der Waals surface area (Å²) in [6.45, 7) is 1.96. The van der Waals surface area contributed by atoms with Crippen molar-refractivity contribution in [3.8, 4) is 11.5 Å². The monoisotopic (exact) mass is 230 g/mol. The zero-order valence-electron chi connectivity index (χ0n) is 9.08. The first-order valence-corrected chi connectivity index (χ1v) is 5.04. The molecule has 3 nitrogen and oxygen atoms in total. The number of benzene rings is 1. The molecule has 1 unspecified atom stereocenters. The van der Waals surface area contributed by atoms with Gasteiger partial charge in [-0.05, 0) is 6.07 Å². The van der Waals surface area contributed by atoms with E-state index in [0.717, 1.165) is 5.56 Å². The van der Waals surface area contributed by atoms with Crippen molar-refractivity contribution in [2.75, 3.05) is 20.8 Å². The second-order valence-electron chi connectivity index (χ2n) is 3.31. The van der Waals surface area contributed by atoms with E-state index in [-0.39, 0.29) is 12.5 Å². The molecule has 0 aliphatic carbocycles. The van der Waals surface area contributed by atoms with E-state index in [1.165, 1.54) is 0 Å². The average Bonchev–Trinajstić information content (AvgIpc) is 2.27. The molecule has 1 rings (SSSR count). The Labute approximate surface area is 94.6 Å². The fourth-order valence-corrected chi connectivity index (χ4v) is 1.62. The Balaban J connectivity index is 3.21. The topological polar surface area (TPSA) is 38.7 Å². The summed E-state index contributed by atoms with van der Waals surface area (Å²) in [5.41, 5.74) is 0.880. The highest BCUT2D eigenvalue weighted by atomic mass is 35.5. The van der Waals surface area contributed by atoms with Crippen LogP contribution in [0, 0.1) is 0 Å². The third-order valence-electron chi connectivity index (χ3n) is 2.31. The molecule has 0 saturated carbocycles. The summed E-state index contributed by atoms with van der Waals surface area (Å²) in [7, 11) is 3.13. The zero-order chi connectivity index (χ0) is 11.4. The fraction of sp³-hybridized carbons (Fsp3) is 0.455. The Morgan fingerprint density at radius 2 is 1.87 bits per heavy atom. The first-order valence-electron chi connectivity index (χ1n) is 4.66. The number of aliphatic hydroxyl groups is 1. The molecular formula is C11H15ClO3. The largest absolute Gasteiger partial charge is 0.496 e. The van der Waals surface area contributed by atoms with Crippen molar-refractivity contribution in [2.45, 2.75) is 12.8 Å². The Morgan fingerprint density at radius 3 is 2.33 bits per heavy atom. The fourth-order valence-electron chi connectivity index (χ4n) is 1.37. The van der Waals surface area contributed by atoms with Gasteiger partial charge in [-0.25, -0.2) is 0 Å². The van der Waals surface area contributed by atoms with Gasteiger partial charge < -0.3 is 14.6 Å². The second-order valence-corrected chi connectivity index (χ2v) is 3.72. The van der Waals surface area contributed by atoms with Crippen LogP contribution in [0.4, 0.5) is 0 Å². The number of rotatable bonds is 4. The lowest BCUT2D eigenvalue weighted by Gasteiger charge is -2.15. The van der Waals surface area contributed by atoms with E-state index in [9.17, 15) is 0 Å². The average molecular weight is 231 g/mol. The summed E-state index contributed by atoms with van der Waals surface area (Å²) in [6.07, 6.45) is 0. The Bertz CT molecular complexity index is 339. The van der Waals surface area contributed by atoms with Crippen LogP contribution in [0.3, 0.4) is 0 Å². The minimum atomic E-state index is -0.0108. The van der Waals surface area contributed by atoms with E-state index in [1.807, 2.05) is 6.92 Å². The SMILES string of the molecule is COc1cc(OC)c(C(C)CO)cc1Cl. The van der Waals surface area contributed by atoms with Gasteiger partial charge in [-0.2, -0.15) is 0 Å². The molecule has 0 spiro atoms. The maximum Gasteiger partial charge on any atom is 0.141 e. The van der Waals surface area contributed by atoms with Crippen molar-refractivity contribution in [1.29, 1.82) is 0 Å². The Kier molecular flexibility index (Phi) is 4.24. The quantitative estimate of drug-likeness (QED) is 0.864. The molecule has 15 heavy (non-hydrogen) atoms. The third kappa shape index (κ3) is 2.55. The van der Waals surface area contributed by atoms with E-state index < -0.39 is 0 Å². The van der Waals surface area contributed by atoms with Crippen LogP contribution in [-0.2, 0) is 0 Å². The van der Waals surface area contributed by atoms with Gasteiger partial charge in [-0.15, -0.1) is 0 Å². The van der Waals surface area contributed by atoms with Gasteiger partial charge in [0.15, 0.2) is 0 Å². The molecular weight excluding hydrogens is 216 g/mol. The number of ether oxygens (including phenoxy) is 2. The zero-order valence-corrected chi connectivity index (χ0v) is 9.84. The van der Waals surface area contributed by atoms with Crippen molar-refractivity contribution in [3.63, 3.8) is 0 Å². The minimum absolute atomic E-state index is 0.0108. The maximum atomic E-state index is 9.10. The first-order chi connectivity index (χ1) is 7.13. The molecule has 0 aliphatic rings. The minimum Gasteiger partial charge on any atom is -0.496 e. The number of aliphatic hydroxyl groups excluding tert-OH is 1. The molecule has 0 fully saturated rings. The predicted octanol–water partition coefficient (Wildman–Crippen LogP) is 2.45. The van der Waals surface area contributed by atoms with Gasteiger partial charge in [0.25, 0.3) is 0 Å².